The number of aryl methyl sites for hydroxylation is 2. The second kappa shape index (κ2) is 5.99. The monoisotopic (exact) mass is 328 g/mol. The van der Waals surface area contributed by atoms with Crippen LogP contribution in [0.5, 0.6) is 5.75 Å². The van der Waals surface area contributed by atoms with Gasteiger partial charge in [-0.1, -0.05) is 5.16 Å². The van der Waals surface area contributed by atoms with Gasteiger partial charge in [0.15, 0.2) is 0 Å². The van der Waals surface area contributed by atoms with Gasteiger partial charge in [0.1, 0.15) is 11.6 Å². The highest BCUT2D eigenvalue weighted by Crippen LogP contribution is 2.28. The number of benzene rings is 1. The molecule has 0 aliphatic carbocycles. The predicted octanol–water partition coefficient (Wildman–Crippen LogP) is 2.26. The van der Waals surface area contributed by atoms with Crippen LogP contribution in [0.25, 0.3) is 0 Å². The van der Waals surface area contributed by atoms with Crippen molar-refractivity contribution >= 4 is 17.4 Å². The van der Waals surface area contributed by atoms with E-state index in [1.54, 1.807) is 31.8 Å². The fourth-order valence-electron chi connectivity index (χ4n) is 2.58. The molecule has 7 nitrogen and oxygen atoms in total. The number of nitrogens with zero attached hydrogens (tertiary/aromatic N) is 3. The Kier molecular flexibility index (Phi) is 4.01. The number of carbonyl (C=O) groups excluding carboxylic acids is 1. The molecule has 0 bridgehead atoms. The molecule has 0 fully saturated rings. The number of amides is 1. The minimum atomic E-state index is -1.05. The number of methoxy groups -OCH3 is 1. The van der Waals surface area contributed by atoms with E-state index in [2.05, 4.69) is 15.6 Å². The lowest BCUT2D eigenvalue weighted by Gasteiger charge is -2.20. The van der Waals surface area contributed by atoms with Gasteiger partial charge < -0.3 is 14.9 Å². The van der Waals surface area contributed by atoms with E-state index < -0.39 is 5.60 Å². The lowest BCUT2D eigenvalue weighted by molar-refractivity contribution is -0.136. The van der Waals surface area contributed by atoms with Gasteiger partial charge >= 0.3 is 0 Å². The summed E-state index contributed by atoms with van der Waals surface area (Å²) in [7, 11) is 3.40. The molecule has 1 amide bonds. The van der Waals surface area contributed by atoms with Crippen LogP contribution in [0.1, 0.15) is 24.6 Å². The Balaban J connectivity index is 1.71. The Hall–Kier alpha value is -2.83. The molecule has 24 heavy (non-hydrogen) atoms. The molecule has 2 aromatic rings. The van der Waals surface area contributed by atoms with Crippen molar-refractivity contribution in [3.63, 3.8) is 0 Å². The van der Waals surface area contributed by atoms with Crippen molar-refractivity contribution in [3.8, 4) is 5.75 Å². The Morgan fingerprint density at radius 2 is 2.08 bits per heavy atom. The summed E-state index contributed by atoms with van der Waals surface area (Å²) in [5.74, 6) is 1.14. The number of oxime groups is 1. The first-order valence-corrected chi connectivity index (χ1v) is 7.63. The van der Waals surface area contributed by atoms with Gasteiger partial charge in [-0.2, -0.15) is 5.10 Å². The highest BCUT2D eigenvalue weighted by Gasteiger charge is 2.42. The average molecular weight is 328 g/mol. The van der Waals surface area contributed by atoms with Gasteiger partial charge in [0, 0.05) is 19.5 Å². The van der Waals surface area contributed by atoms with Crippen LogP contribution in [0.15, 0.2) is 35.5 Å². The van der Waals surface area contributed by atoms with E-state index in [0.29, 0.717) is 12.2 Å². The largest absolute Gasteiger partial charge is 0.497 e. The normalized spacial score (nSPS) is 19.6. The fraction of sp³-hybridized carbons (Fsp3) is 0.353. The van der Waals surface area contributed by atoms with Crippen molar-refractivity contribution in [3.05, 3.63) is 41.6 Å². The maximum atomic E-state index is 12.6. The minimum absolute atomic E-state index is 0.252. The number of hydrogen-bond acceptors (Lipinski definition) is 5. The number of hydrogen-bond donors (Lipinski definition) is 1. The fourth-order valence-corrected chi connectivity index (χ4v) is 2.58. The van der Waals surface area contributed by atoms with Crippen LogP contribution in [0.2, 0.25) is 0 Å². The molecule has 1 aliphatic rings. The molecule has 1 atom stereocenters. The van der Waals surface area contributed by atoms with E-state index in [-0.39, 0.29) is 5.91 Å². The van der Waals surface area contributed by atoms with Gasteiger partial charge in [-0.15, -0.1) is 0 Å². The van der Waals surface area contributed by atoms with E-state index in [0.717, 1.165) is 22.7 Å². The third-order valence-electron chi connectivity index (χ3n) is 4.01. The van der Waals surface area contributed by atoms with Crippen LogP contribution in [0.3, 0.4) is 0 Å². The zero-order valence-corrected chi connectivity index (χ0v) is 14.2. The summed E-state index contributed by atoms with van der Waals surface area (Å²) in [6.07, 6.45) is 0.391. The van der Waals surface area contributed by atoms with E-state index in [9.17, 15) is 4.79 Å². The summed E-state index contributed by atoms with van der Waals surface area (Å²) in [5.41, 5.74) is 1.42. The summed E-state index contributed by atoms with van der Waals surface area (Å²) in [6.45, 7) is 3.60. The molecule has 7 heteroatoms. The second-order valence-corrected chi connectivity index (χ2v) is 6.01. The summed E-state index contributed by atoms with van der Waals surface area (Å²) < 4.78 is 6.77. The lowest BCUT2D eigenvalue weighted by atomic mass is 9.95. The first kappa shape index (κ1) is 16.0. The molecule has 0 saturated heterocycles. The number of ether oxygens (including phenoxy) is 1. The second-order valence-electron chi connectivity index (χ2n) is 6.01. The van der Waals surface area contributed by atoms with Gasteiger partial charge in [0.25, 0.3) is 5.91 Å². The number of aromatic nitrogens is 2. The van der Waals surface area contributed by atoms with Gasteiger partial charge in [-0.3, -0.25) is 9.48 Å². The average Bonchev–Trinajstić information content (AvgIpc) is 3.11. The molecule has 0 saturated carbocycles. The Bertz CT molecular complexity index is 795. The number of nitrogens with one attached hydrogen (secondary N) is 1. The Morgan fingerprint density at radius 3 is 2.67 bits per heavy atom. The predicted molar refractivity (Wildman–Crippen MR) is 90.2 cm³/mol. The third kappa shape index (κ3) is 2.97. The van der Waals surface area contributed by atoms with Crippen LogP contribution in [-0.2, 0) is 16.7 Å². The SMILES string of the molecule is COc1ccc(C2=NO[C@](C)(C(=O)Nc3cc(C)nn3C)C2)cc1. The van der Waals surface area contributed by atoms with Crippen LogP contribution in [0.4, 0.5) is 5.82 Å². The summed E-state index contributed by atoms with van der Waals surface area (Å²) in [4.78, 5) is 18.1. The number of anilines is 1. The highest BCUT2D eigenvalue weighted by molar-refractivity contribution is 6.07. The summed E-state index contributed by atoms with van der Waals surface area (Å²) in [6, 6.07) is 9.31. The van der Waals surface area contributed by atoms with Crippen LogP contribution in [-0.4, -0.2) is 34.1 Å². The van der Waals surface area contributed by atoms with Gasteiger partial charge in [-0.25, -0.2) is 0 Å². The van der Waals surface area contributed by atoms with Crippen molar-refractivity contribution in [2.75, 3.05) is 12.4 Å². The van der Waals surface area contributed by atoms with Crippen molar-refractivity contribution in [1.29, 1.82) is 0 Å². The van der Waals surface area contributed by atoms with Crippen LogP contribution >= 0.6 is 0 Å². The van der Waals surface area contributed by atoms with Crippen molar-refractivity contribution in [2.45, 2.75) is 25.9 Å². The molecule has 0 spiro atoms. The molecule has 1 N–H and O–H groups in total. The Morgan fingerprint density at radius 1 is 1.38 bits per heavy atom. The first-order chi connectivity index (χ1) is 11.4. The van der Waals surface area contributed by atoms with Crippen molar-refractivity contribution < 1.29 is 14.4 Å². The molecule has 2 heterocycles. The molecule has 1 aliphatic heterocycles. The molecule has 1 aromatic heterocycles. The van der Waals surface area contributed by atoms with E-state index in [1.165, 1.54) is 0 Å². The van der Waals surface area contributed by atoms with Gasteiger partial charge in [0.2, 0.25) is 5.60 Å². The van der Waals surface area contributed by atoms with Crippen LogP contribution in [0, 0.1) is 6.92 Å². The topological polar surface area (TPSA) is 77.7 Å². The molecule has 1 aromatic carbocycles. The third-order valence-corrected chi connectivity index (χ3v) is 4.01. The van der Waals surface area contributed by atoms with Crippen LogP contribution < -0.4 is 10.1 Å². The van der Waals surface area contributed by atoms with E-state index >= 15 is 0 Å². The van der Waals surface area contributed by atoms with Crippen molar-refractivity contribution in [1.82, 2.24) is 9.78 Å². The summed E-state index contributed by atoms with van der Waals surface area (Å²) >= 11 is 0. The first-order valence-electron chi connectivity index (χ1n) is 7.63. The number of rotatable bonds is 4. The van der Waals surface area contributed by atoms with E-state index in [1.807, 2.05) is 31.2 Å². The molecule has 3 rings (SSSR count). The molecular formula is C17H20N4O3. The standard InChI is InChI=1S/C17H20N4O3/c1-11-9-15(21(3)19-11)18-16(22)17(2)10-14(20-24-17)12-5-7-13(23-4)8-6-12/h5-9H,10H2,1-4H3,(H,18,22)/t17-/m0/s1. The highest BCUT2D eigenvalue weighted by atomic mass is 16.7. The van der Waals surface area contributed by atoms with Gasteiger partial charge in [0.05, 0.1) is 18.5 Å². The number of carbonyl (C=O) groups is 1. The smallest absolute Gasteiger partial charge is 0.272 e. The maximum absolute atomic E-state index is 12.6. The van der Waals surface area contributed by atoms with Gasteiger partial charge in [-0.05, 0) is 43.7 Å². The quantitative estimate of drug-likeness (QED) is 0.934. The zero-order chi connectivity index (χ0) is 17.3. The maximum Gasteiger partial charge on any atom is 0.272 e. The molecule has 0 unspecified atom stereocenters. The lowest BCUT2D eigenvalue weighted by Crippen LogP contribution is -2.40. The molecule has 126 valence electrons. The molecular weight excluding hydrogens is 308 g/mol. The molecule has 0 radical (unpaired) electrons. The minimum Gasteiger partial charge on any atom is -0.497 e. The summed E-state index contributed by atoms with van der Waals surface area (Å²) in [5, 5.41) is 11.2. The van der Waals surface area contributed by atoms with Crippen molar-refractivity contribution in [2.24, 2.45) is 12.2 Å². The Labute approximate surface area is 140 Å². The zero-order valence-electron chi connectivity index (χ0n) is 14.2. The van der Waals surface area contributed by atoms with E-state index in [4.69, 9.17) is 9.57 Å².